The van der Waals surface area contributed by atoms with Gasteiger partial charge in [-0.25, -0.2) is 8.78 Å². The molecule has 0 bridgehead atoms. The van der Waals surface area contributed by atoms with Crippen LogP contribution in [0.25, 0.3) is 9.40 Å². The van der Waals surface area contributed by atoms with Gasteiger partial charge in [0.15, 0.2) is 0 Å². The van der Waals surface area contributed by atoms with E-state index in [9.17, 15) is 8.78 Å². The summed E-state index contributed by atoms with van der Waals surface area (Å²) in [5.41, 5.74) is -0.284. The van der Waals surface area contributed by atoms with Crippen LogP contribution in [0.2, 0.25) is 0 Å². The maximum atomic E-state index is 14.3. The van der Waals surface area contributed by atoms with Crippen molar-refractivity contribution >= 4 is 44.0 Å². The fourth-order valence-electron chi connectivity index (χ4n) is 3.29. The number of hydrogen-bond donors (Lipinski definition) is 0. The second-order valence-corrected chi connectivity index (χ2v) is 10.7. The minimum Gasteiger partial charge on any atom is -0.399 e. The highest BCUT2D eigenvalue weighted by atomic mass is 32.1. The third kappa shape index (κ3) is 3.94. The molecule has 30 heavy (non-hydrogen) atoms. The maximum Gasteiger partial charge on any atom is 0.505 e. The van der Waals surface area contributed by atoms with E-state index in [1.807, 2.05) is 40.7 Å². The molecule has 0 atom stereocenters. The fourth-order valence-corrected chi connectivity index (χ4v) is 5.51. The van der Waals surface area contributed by atoms with E-state index in [-0.39, 0.29) is 23.9 Å². The van der Waals surface area contributed by atoms with Crippen molar-refractivity contribution < 1.29 is 18.1 Å². The van der Waals surface area contributed by atoms with Crippen molar-refractivity contribution in [3.05, 3.63) is 51.9 Å². The summed E-state index contributed by atoms with van der Waals surface area (Å²) in [5.74, 6) is 4.38. The molecular formula is C23H23BF2O2S2. The summed E-state index contributed by atoms with van der Waals surface area (Å²) in [7, 11) is -0.390. The van der Waals surface area contributed by atoms with Crippen molar-refractivity contribution in [2.75, 3.05) is 0 Å². The number of fused-ring (bicyclic) bond motifs is 1. The van der Waals surface area contributed by atoms with Gasteiger partial charge < -0.3 is 9.31 Å². The molecule has 0 aliphatic carbocycles. The van der Waals surface area contributed by atoms with Crippen molar-refractivity contribution in [2.24, 2.45) is 0 Å². The van der Waals surface area contributed by atoms with Crippen molar-refractivity contribution in [3.63, 3.8) is 0 Å². The lowest BCUT2D eigenvalue weighted by atomic mass is 9.88. The molecule has 0 amide bonds. The van der Waals surface area contributed by atoms with Crippen molar-refractivity contribution in [1.82, 2.24) is 0 Å². The van der Waals surface area contributed by atoms with Gasteiger partial charge >= 0.3 is 7.12 Å². The third-order valence-electron chi connectivity index (χ3n) is 5.66. The van der Waals surface area contributed by atoms with Crippen LogP contribution in [0, 0.1) is 23.5 Å². The minimum atomic E-state index is -0.604. The van der Waals surface area contributed by atoms with Gasteiger partial charge in [0.1, 0.15) is 11.6 Å². The molecule has 2 nitrogen and oxygen atoms in total. The summed E-state index contributed by atoms with van der Waals surface area (Å²) in [4.78, 5) is 0.771. The highest BCUT2D eigenvalue weighted by molar-refractivity contribution is 7.33. The maximum absolute atomic E-state index is 14.3. The van der Waals surface area contributed by atoms with Crippen molar-refractivity contribution in [2.45, 2.75) is 58.7 Å². The standard InChI is InChI=1S/C23H23BF2O2S2/c1-6-7-14-10-17(25)16(18(26)11-14)9-8-15-12-19-20(29-15)13-21(30-19)24-27-22(2,3)23(4,5)28-24/h10-13H,6-7H2,1-5H3. The summed E-state index contributed by atoms with van der Waals surface area (Å²) < 4.78 is 43.9. The van der Waals surface area contributed by atoms with Crippen LogP contribution < -0.4 is 4.78 Å². The summed E-state index contributed by atoms with van der Waals surface area (Å²) in [6.07, 6.45) is 1.48. The smallest absolute Gasteiger partial charge is 0.399 e. The third-order valence-corrected chi connectivity index (χ3v) is 7.89. The number of benzene rings is 1. The first-order valence-corrected chi connectivity index (χ1v) is 11.6. The Balaban J connectivity index is 1.57. The largest absolute Gasteiger partial charge is 0.505 e. The molecule has 0 unspecified atom stereocenters. The van der Waals surface area contributed by atoms with Gasteiger partial charge in [-0.2, -0.15) is 0 Å². The fraction of sp³-hybridized carbons (Fsp3) is 0.391. The lowest BCUT2D eigenvalue weighted by Gasteiger charge is -2.32. The van der Waals surface area contributed by atoms with Gasteiger partial charge in [-0.15, -0.1) is 22.7 Å². The van der Waals surface area contributed by atoms with Crippen LogP contribution in [-0.4, -0.2) is 18.3 Å². The van der Waals surface area contributed by atoms with Crippen LogP contribution in [0.4, 0.5) is 8.78 Å². The molecule has 0 N–H and O–H groups in total. The molecule has 1 aliphatic heterocycles. The van der Waals surface area contributed by atoms with Gasteiger partial charge in [-0.3, -0.25) is 0 Å². The summed E-state index contributed by atoms with van der Waals surface area (Å²) in [6, 6.07) is 6.76. The van der Waals surface area contributed by atoms with E-state index in [0.29, 0.717) is 12.0 Å². The second kappa shape index (κ2) is 7.76. The predicted octanol–water partition coefficient (Wildman–Crippen LogP) is 5.89. The molecule has 3 heterocycles. The van der Waals surface area contributed by atoms with Gasteiger partial charge in [0.2, 0.25) is 0 Å². The monoisotopic (exact) mass is 444 g/mol. The number of hydrogen-bond acceptors (Lipinski definition) is 4. The Hall–Kier alpha value is -1.72. The molecule has 156 valence electrons. The molecule has 1 aliphatic rings. The van der Waals surface area contributed by atoms with E-state index < -0.39 is 11.6 Å². The van der Waals surface area contributed by atoms with E-state index >= 15 is 0 Å². The molecular weight excluding hydrogens is 421 g/mol. The van der Waals surface area contributed by atoms with E-state index in [4.69, 9.17) is 9.31 Å². The zero-order valence-electron chi connectivity index (χ0n) is 17.7. The molecule has 7 heteroatoms. The lowest BCUT2D eigenvalue weighted by Crippen LogP contribution is -2.41. The number of thiophene rings is 2. The van der Waals surface area contributed by atoms with Gasteiger partial charge in [0, 0.05) is 14.2 Å². The molecule has 0 saturated carbocycles. The molecule has 0 spiro atoms. The summed E-state index contributed by atoms with van der Waals surface area (Å²) in [5, 5.41) is 0. The molecule has 1 fully saturated rings. The zero-order valence-corrected chi connectivity index (χ0v) is 19.3. The highest BCUT2D eigenvalue weighted by Crippen LogP contribution is 2.38. The van der Waals surface area contributed by atoms with E-state index in [2.05, 4.69) is 17.9 Å². The van der Waals surface area contributed by atoms with Crippen molar-refractivity contribution in [3.8, 4) is 11.8 Å². The molecule has 3 aromatic rings. The molecule has 1 aromatic carbocycles. The first kappa shape index (κ1) is 21.5. The molecule has 4 rings (SSSR count). The van der Waals surface area contributed by atoms with E-state index in [1.54, 1.807) is 11.3 Å². The van der Waals surface area contributed by atoms with Crippen LogP contribution in [0.15, 0.2) is 24.3 Å². The highest BCUT2D eigenvalue weighted by Gasteiger charge is 2.52. The Kier molecular flexibility index (Phi) is 5.57. The normalized spacial score (nSPS) is 17.4. The number of halogens is 2. The first-order chi connectivity index (χ1) is 14.1. The first-order valence-electron chi connectivity index (χ1n) is 9.98. The number of rotatable bonds is 3. The SMILES string of the molecule is CCCc1cc(F)c(C#Cc2cc3sc(B4OC(C)(C)C(C)(C)O4)cc3s2)c(F)c1. The van der Waals surface area contributed by atoms with Crippen LogP contribution in [-0.2, 0) is 15.7 Å². The lowest BCUT2D eigenvalue weighted by molar-refractivity contribution is 0.00578. The minimum absolute atomic E-state index is 0.176. The van der Waals surface area contributed by atoms with Gasteiger partial charge in [-0.1, -0.05) is 25.2 Å². The Labute approximate surface area is 184 Å². The average molecular weight is 444 g/mol. The predicted molar refractivity (Wildman–Crippen MR) is 122 cm³/mol. The van der Waals surface area contributed by atoms with Crippen LogP contribution >= 0.6 is 22.7 Å². The summed E-state index contributed by atoms with van der Waals surface area (Å²) in [6.45, 7) is 10.1. The Morgan fingerprint density at radius 1 is 0.900 bits per heavy atom. The molecule has 0 radical (unpaired) electrons. The van der Waals surface area contributed by atoms with Gasteiger partial charge in [0.25, 0.3) is 0 Å². The topological polar surface area (TPSA) is 18.5 Å². The Morgan fingerprint density at radius 2 is 1.50 bits per heavy atom. The molecule has 1 saturated heterocycles. The second-order valence-electron chi connectivity index (χ2n) is 8.51. The zero-order chi connectivity index (χ0) is 21.7. The van der Waals surface area contributed by atoms with Crippen LogP contribution in [0.1, 0.15) is 57.0 Å². The van der Waals surface area contributed by atoms with Crippen LogP contribution in [0.3, 0.4) is 0 Å². The van der Waals surface area contributed by atoms with E-state index in [1.165, 1.54) is 23.5 Å². The van der Waals surface area contributed by atoms with Crippen molar-refractivity contribution in [1.29, 1.82) is 0 Å². The average Bonchev–Trinajstić information content (AvgIpc) is 3.24. The number of aryl methyl sites for hydroxylation is 1. The summed E-state index contributed by atoms with van der Waals surface area (Å²) >= 11 is 3.10. The van der Waals surface area contributed by atoms with Crippen LogP contribution in [0.5, 0.6) is 0 Å². The Bertz CT molecular complexity index is 1100. The quantitative estimate of drug-likeness (QED) is 0.370. The van der Waals surface area contributed by atoms with Gasteiger partial charge in [0.05, 0.1) is 21.6 Å². The Morgan fingerprint density at radius 3 is 2.07 bits per heavy atom. The van der Waals surface area contributed by atoms with Gasteiger partial charge in [-0.05, 0) is 63.9 Å². The molecule has 2 aromatic heterocycles. The van der Waals surface area contributed by atoms with E-state index in [0.717, 1.165) is 25.5 Å².